The molecular formula is C18H17N7O2S. The van der Waals surface area contributed by atoms with Crippen LogP contribution in [0.1, 0.15) is 0 Å². The normalized spacial score (nSPS) is 11.6. The molecule has 0 spiro atoms. The first-order valence-electron chi connectivity index (χ1n) is 8.54. The molecule has 0 radical (unpaired) electrons. The zero-order chi connectivity index (χ0) is 19.4. The Morgan fingerprint density at radius 3 is 2.61 bits per heavy atom. The molecule has 10 heteroatoms. The molecule has 2 N–H and O–H groups in total. The summed E-state index contributed by atoms with van der Waals surface area (Å²) in [6.07, 6.45) is 5.01. The van der Waals surface area contributed by atoms with E-state index in [9.17, 15) is 8.42 Å². The van der Waals surface area contributed by atoms with Gasteiger partial charge in [-0.2, -0.15) is 5.10 Å². The molecule has 0 aliphatic heterocycles. The van der Waals surface area contributed by atoms with Gasteiger partial charge in [0, 0.05) is 37.1 Å². The van der Waals surface area contributed by atoms with Crippen molar-refractivity contribution in [1.29, 1.82) is 0 Å². The van der Waals surface area contributed by atoms with Crippen LogP contribution in [-0.2, 0) is 10.0 Å². The fourth-order valence-electron chi connectivity index (χ4n) is 2.69. The second-order valence-corrected chi connectivity index (χ2v) is 7.62. The number of anilines is 1. The van der Waals surface area contributed by atoms with Crippen molar-refractivity contribution in [3.63, 3.8) is 0 Å². The largest absolute Gasteiger partial charge is 0.367 e. The van der Waals surface area contributed by atoms with Crippen LogP contribution in [-0.4, -0.2) is 46.5 Å². The number of rotatable bonds is 7. The summed E-state index contributed by atoms with van der Waals surface area (Å²) in [5, 5.41) is 16.0. The molecule has 3 aromatic heterocycles. The zero-order valence-electron chi connectivity index (χ0n) is 14.7. The van der Waals surface area contributed by atoms with Crippen LogP contribution in [0, 0.1) is 0 Å². The van der Waals surface area contributed by atoms with Crippen molar-refractivity contribution in [1.82, 2.24) is 29.7 Å². The second-order valence-electron chi connectivity index (χ2n) is 5.88. The van der Waals surface area contributed by atoms with Crippen molar-refractivity contribution in [3.8, 4) is 5.82 Å². The minimum absolute atomic E-state index is 0.161. The standard InChI is InChI=1S/C18H17N7O2S/c26-28(27,15-6-1-4-14-5-2-9-20-18(14)15)22-12-11-19-16-7-8-17(24-23-16)25-13-3-10-21-25/h1-10,13,22H,11-12H2,(H,19,23). The van der Waals surface area contributed by atoms with Crippen molar-refractivity contribution in [3.05, 3.63) is 67.1 Å². The lowest BCUT2D eigenvalue weighted by Crippen LogP contribution is -2.29. The average molecular weight is 395 g/mol. The number of sulfonamides is 1. The molecule has 0 fully saturated rings. The van der Waals surface area contributed by atoms with Gasteiger partial charge in [-0.3, -0.25) is 4.98 Å². The van der Waals surface area contributed by atoms with Crippen LogP contribution in [0.15, 0.2) is 72.0 Å². The van der Waals surface area contributed by atoms with Gasteiger partial charge in [0.15, 0.2) is 5.82 Å². The number of benzene rings is 1. The van der Waals surface area contributed by atoms with Crippen LogP contribution in [0.2, 0.25) is 0 Å². The maximum atomic E-state index is 12.6. The molecule has 142 valence electrons. The number of nitrogens with zero attached hydrogens (tertiary/aromatic N) is 5. The smallest absolute Gasteiger partial charge is 0.242 e. The number of aromatic nitrogens is 5. The molecule has 28 heavy (non-hydrogen) atoms. The topological polar surface area (TPSA) is 115 Å². The number of fused-ring (bicyclic) bond motifs is 1. The van der Waals surface area contributed by atoms with E-state index in [2.05, 4.69) is 30.3 Å². The number of pyridine rings is 1. The number of hydrogen-bond acceptors (Lipinski definition) is 7. The third kappa shape index (κ3) is 3.82. The van der Waals surface area contributed by atoms with Crippen LogP contribution in [0.5, 0.6) is 0 Å². The SMILES string of the molecule is O=S(=O)(NCCNc1ccc(-n2cccn2)nn1)c1cccc2cccnc12. The van der Waals surface area contributed by atoms with Gasteiger partial charge >= 0.3 is 0 Å². The Bertz CT molecular complexity index is 1170. The van der Waals surface area contributed by atoms with E-state index < -0.39 is 10.0 Å². The molecule has 4 aromatic rings. The maximum absolute atomic E-state index is 12.6. The van der Waals surface area contributed by atoms with E-state index in [-0.39, 0.29) is 11.4 Å². The Morgan fingerprint density at radius 2 is 1.82 bits per heavy atom. The highest BCUT2D eigenvalue weighted by molar-refractivity contribution is 7.89. The number of hydrogen-bond donors (Lipinski definition) is 2. The van der Waals surface area contributed by atoms with E-state index >= 15 is 0 Å². The molecule has 9 nitrogen and oxygen atoms in total. The van der Waals surface area contributed by atoms with Crippen LogP contribution in [0.4, 0.5) is 5.82 Å². The average Bonchev–Trinajstić information content (AvgIpc) is 3.26. The Balaban J connectivity index is 1.37. The van der Waals surface area contributed by atoms with E-state index in [1.807, 2.05) is 12.1 Å². The van der Waals surface area contributed by atoms with Gasteiger partial charge in [-0.15, -0.1) is 10.2 Å². The monoisotopic (exact) mass is 395 g/mol. The van der Waals surface area contributed by atoms with Crippen molar-refractivity contribution in [2.75, 3.05) is 18.4 Å². The molecule has 0 amide bonds. The van der Waals surface area contributed by atoms with Gasteiger partial charge in [0.2, 0.25) is 10.0 Å². The Morgan fingerprint density at radius 1 is 0.929 bits per heavy atom. The van der Waals surface area contributed by atoms with Gasteiger partial charge in [-0.25, -0.2) is 17.8 Å². The molecule has 0 bridgehead atoms. The maximum Gasteiger partial charge on any atom is 0.242 e. The number of para-hydroxylation sites is 1. The highest BCUT2D eigenvalue weighted by Crippen LogP contribution is 2.20. The van der Waals surface area contributed by atoms with E-state index in [4.69, 9.17) is 0 Å². The summed E-state index contributed by atoms with van der Waals surface area (Å²) in [5.41, 5.74) is 0.450. The van der Waals surface area contributed by atoms with Crippen LogP contribution < -0.4 is 10.0 Å². The Kier molecular flexibility index (Phi) is 4.96. The van der Waals surface area contributed by atoms with Gasteiger partial charge in [0.05, 0.1) is 5.52 Å². The van der Waals surface area contributed by atoms with Crippen LogP contribution >= 0.6 is 0 Å². The van der Waals surface area contributed by atoms with Crippen molar-refractivity contribution < 1.29 is 8.42 Å². The summed E-state index contributed by atoms with van der Waals surface area (Å²) in [7, 11) is -3.68. The van der Waals surface area contributed by atoms with E-state index in [1.54, 1.807) is 59.7 Å². The summed E-state index contributed by atoms with van der Waals surface area (Å²) in [5.74, 6) is 1.14. The molecule has 0 unspecified atom stereocenters. The molecule has 3 heterocycles. The first kappa shape index (κ1) is 18.0. The van der Waals surface area contributed by atoms with Crippen LogP contribution in [0.3, 0.4) is 0 Å². The summed E-state index contributed by atoms with van der Waals surface area (Å²) >= 11 is 0. The molecule has 0 saturated carbocycles. The first-order valence-corrected chi connectivity index (χ1v) is 10.0. The summed E-state index contributed by atoms with van der Waals surface area (Å²) in [6.45, 7) is 0.543. The summed E-state index contributed by atoms with van der Waals surface area (Å²) < 4.78 is 29.4. The fourth-order valence-corrected chi connectivity index (χ4v) is 3.90. The molecule has 0 aliphatic rings. The third-order valence-corrected chi connectivity index (χ3v) is 5.49. The molecular weight excluding hydrogens is 378 g/mol. The van der Waals surface area contributed by atoms with E-state index in [0.29, 0.717) is 23.7 Å². The van der Waals surface area contributed by atoms with Gasteiger partial charge < -0.3 is 5.32 Å². The first-order chi connectivity index (χ1) is 13.6. The highest BCUT2D eigenvalue weighted by atomic mass is 32.2. The van der Waals surface area contributed by atoms with Gasteiger partial charge in [-0.05, 0) is 30.3 Å². The Hall–Kier alpha value is -3.37. The van der Waals surface area contributed by atoms with E-state index in [0.717, 1.165) is 5.39 Å². The minimum Gasteiger partial charge on any atom is -0.367 e. The second kappa shape index (κ2) is 7.71. The molecule has 1 aromatic carbocycles. The van der Waals surface area contributed by atoms with Crippen molar-refractivity contribution >= 4 is 26.7 Å². The molecule has 0 aliphatic carbocycles. The predicted octanol–water partition coefficient (Wildman–Crippen LogP) is 1.60. The van der Waals surface area contributed by atoms with Crippen molar-refractivity contribution in [2.45, 2.75) is 4.90 Å². The number of nitrogens with one attached hydrogen (secondary N) is 2. The molecule has 0 atom stereocenters. The Labute approximate surface area is 161 Å². The van der Waals surface area contributed by atoms with E-state index in [1.165, 1.54) is 0 Å². The third-order valence-electron chi connectivity index (χ3n) is 4.00. The quantitative estimate of drug-likeness (QED) is 0.457. The lowest BCUT2D eigenvalue weighted by atomic mass is 10.2. The lowest BCUT2D eigenvalue weighted by molar-refractivity contribution is 0.583. The van der Waals surface area contributed by atoms with Gasteiger partial charge in [0.25, 0.3) is 0 Å². The summed E-state index contributed by atoms with van der Waals surface area (Å²) in [6, 6.07) is 14.0. The fraction of sp³-hybridized carbons (Fsp3) is 0.111. The molecule has 0 saturated heterocycles. The summed E-state index contributed by atoms with van der Waals surface area (Å²) in [4.78, 5) is 4.35. The zero-order valence-corrected chi connectivity index (χ0v) is 15.5. The van der Waals surface area contributed by atoms with Gasteiger partial charge in [0.1, 0.15) is 10.7 Å². The van der Waals surface area contributed by atoms with Gasteiger partial charge in [-0.1, -0.05) is 18.2 Å². The lowest BCUT2D eigenvalue weighted by Gasteiger charge is -2.10. The minimum atomic E-state index is -3.68. The van der Waals surface area contributed by atoms with Crippen LogP contribution in [0.25, 0.3) is 16.7 Å². The van der Waals surface area contributed by atoms with Crippen molar-refractivity contribution in [2.24, 2.45) is 0 Å². The predicted molar refractivity (Wildman–Crippen MR) is 105 cm³/mol. The highest BCUT2D eigenvalue weighted by Gasteiger charge is 2.17. The molecule has 4 rings (SSSR count).